The lowest BCUT2D eigenvalue weighted by molar-refractivity contribution is -0.120. The lowest BCUT2D eigenvalue weighted by Crippen LogP contribution is -2.35. The van der Waals surface area contributed by atoms with Gasteiger partial charge in [0.25, 0.3) is 11.8 Å². The highest BCUT2D eigenvalue weighted by Gasteiger charge is 2.42. The maximum Gasteiger partial charge on any atom is 0.282 e. The fraction of sp³-hybridized carbons (Fsp3) is 0.214. The number of anilines is 2. The minimum absolute atomic E-state index is 0.288. The molecule has 168 valence electrons. The zero-order valence-corrected chi connectivity index (χ0v) is 19.6. The van der Waals surface area contributed by atoms with Gasteiger partial charge in [0.15, 0.2) is 0 Å². The van der Waals surface area contributed by atoms with Crippen molar-refractivity contribution in [3.05, 3.63) is 101 Å². The third-order valence-corrected chi connectivity index (χ3v) is 5.92. The molecule has 0 aromatic heterocycles. The molecule has 5 nitrogen and oxygen atoms in total. The summed E-state index contributed by atoms with van der Waals surface area (Å²) in [5.41, 5.74) is 5.35. The van der Waals surface area contributed by atoms with Gasteiger partial charge in [-0.25, -0.2) is 4.90 Å². The lowest BCUT2D eigenvalue weighted by Gasteiger charge is -2.25. The molecule has 0 atom stereocenters. The number of carbonyl (C=O) groups excluding carboxylic acids is 2. The summed E-state index contributed by atoms with van der Waals surface area (Å²) in [4.78, 5) is 32.9. The van der Waals surface area contributed by atoms with E-state index in [4.69, 9.17) is 0 Å². The van der Waals surface area contributed by atoms with Gasteiger partial charge in [-0.1, -0.05) is 66.2 Å². The molecular formula is C28H29N3O2. The molecule has 5 heteroatoms. The van der Waals surface area contributed by atoms with Crippen LogP contribution in [-0.2, 0) is 16.1 Å². The van der Waals surface area contributed by atoms with Crippen LogP contribution < -0.4 is 9.80 Å². The minimum atomic E-state index is -0.290. The molecule has 0 fully saturated rings. The SMILES string of the molecule is CCN(Cc1ccccc1)C1=C(c2ccc(C)cc2)C(=O)N(c2cccc(N(C)C)c2)C1=O. The highest BCUT2D eigenvalue weighted by Crippen LogP contribution is 2.36. The van der Waals surface area contributed by atoms with Crippen molar-refractivity contribution in [3.8, 4) is 0 Å². The van der Waals surface area contributed by atoms with Gasteiger partial charge < -0.3 is 9.80 Å². The first kappa shape index (κ1) is 22.3. The normalized spacial score (nSPS) is 13.6. The van der Waals surface area contributed by atoms with E-state index in [0.29, 0.717) is 30.0 Å². The van der Waals surface area contributed by atoms with E-state index >= 15 is 0 Å². The lowest BCUT2D eigenvalue weighted by atomic mass is 10.0. The smallest absolute Gasteiger partial charge is 0.282 e. The van der Waals surface area contributed by atoms with Crippen molar-refractivity contribution < 1.29 is 9.59 Å². The van der Waals surface area contributed by atoms with Crippen LogP contribution in [0.4, 0.5) is 11.4 Å². The van der Waals surface area contributed by atoms with Crippen LogP contribution in [-0.4, -0.2) is 37.4 Å². The number of nitrogens with zero attached hydrogens (tertiary/aromatic N) is 3. The number of amides is 2. The molecule has 0 saturated heterocycles. The van der Waals surface area contributed by atoms with E-state index in [1.807, 2.05) is 117 Å². The Labute approximate surface area is 195 Å². The van der Waals surface area contributed by atoms with Crippen molar-refractivity contribution >= 4 is 28.8 Å². The summed E-state index contributed by atoms with van der Waals surface area (Å²) in [5, 5.41) is 0. The van der Waals surface area contributed by atoms with Crippen LogP contribution in [0.1, 0.15) is 23.6 Å². The summed E-state index contributed by atoms with van der Waals surface area (Å²) < 4.78 is 0. The summed E-state index contributed by atoms with van der Waals surface area (Å²) in [6.45, 7) is 5.17. The van der Waals surface area contributed by atoms with Crippen molar-refractivity contribution in [1.82, 2.24) is 4.90 Å². The highest BCUT2D eigenvalue weighted by atomic mass is 16.2. The molecule has 1 aliphatic heterocycles. The average molecular weight is 440 g/mol. The van der Waals surface area contributed by atoms with E-state index in [-0.39, 0.29) is 11.8 Å². The molecule has 3 aromatic rings. The Bertz CT molecular complexity index is 1200. The summed E-state index contributed by atoms with van der Waals surface area (Å²) in [6.07, 6.45) is 0. The van der Waals surface area contributed by atoms with Gasteiger partial charge >= 0.3 is 0 Å². The van der Waals surface area contributed by atoms with E-state index in [0.717, 1.165) is 22.4 Å². The van der Waals surface area contributed by atoms with Gasteiger partial charge in [0.05, 0.1) is 11.3 Å². The fourth-order valence-electron chi connectivity index (χ4n) is 4.09. The molecule has 2 amide bonds. The molecule has 4 rings (SSSR count). The number of imide groups is 1. The molecule has 3 aromatic carbocycles. The number of hydrogen-bond acceptors (Lipinski definition) is 4. The first-order valence-corrected chi connectivity index (χ1v) is 11.2. The predicted molar refractivity (Wildman–Crippen MR) is 134 cm³/mol. The number of rotatable bonds is 7. The van der Waals surface area contributed by atoms with Gasteiger partial charge in [0.2, 0.25) is 0 Å². The van der Waals surface area contributed by atoms with Crippen LogP contribution in [0.15, 0.2) is 84.6 Å². The zero-order valence-electron chi connectivity index (χ0n) is 19.6. The maximum absolute atomic E-state index is 13.8. The number of likely N-dealkylation sites (N-methyl/N-ethyl adjacent to an activating group) is 1. The molecule has 0 aliphatic carbocycles. The Hall–Kier alpha value is -3.86. The van der Waals surface area contributed by atoms with Crippen LogP contribution >= 0.6 is 0 Å². The molecule has 0 N–H and O–H groups in total. The molecule has 1 aliphatic rings. The predicted octanol–water partition coefficient (Wildman–Crippen LogP) is 4.87. The van der Waals surface area contributed by atoms with Crippen molar-refractivity contribution in [1.29, 1.82) is 0 Å². The van der Waals surface area contributed by atoms with Crippen molar-refractivity contribution in [2.24, 2.45) is 0 Å². The van der Waals surface area contributed by atoms with Gasteiger partial charge in [0, 0.05) is 32.9 Å². The second-order valence-electron chi connectivity index (χ2n) is 8.45. The van der Waals surface area contributed by atoms with E-state index in [2.05, 4.69) is 0 Å². The van der Waals surface area contributed by atoms with E-state index in [1.54, 1.807) is 0 Å². The monoisotopic (exact) mass is 439 g/mol. The zero-order chi connectivity index (χ0) is 23.5. The van der Waals surface area contributed by atoms with Gasteiger partial charge in [0.1, 0.15) is 5.70 Å². The van der Waals surface area contributed by atoms with E-state index < -0.39 is 0 Å². The van der Waals surface area contributed by atoms with Crippen LogP contribution in [0.5, 0.6) is 0 Å². The Morgan fingerprint density at radius 1 is 0.818 bits per heavy atom. The average Bonchev–Trinajstić information content (AvgIpc) is 3.08. The number of carbonyl (C=O) groups is 2. The fourth-order valence-corrected chi connectivity index (χ4v) is 4.09. The Morgan fingerprint density at radius 2 is 1.52 bits per heavy atom. The molecule has 33 heavy (non-hydrogen) atoms. The van der Waals surface area contributed by atoms with Gasteiger partial charge in [-0.05, 0) is 43.2 Å². The molecule has 0 saturated carbocycles. The number of benzene rings is 3. The molecule has 0 radical (unpaired) electrons. The first-order chi connectivity index (χ1) is 15.9. The number of aryl methyl sites for hydroxylation is 1. The highest BCUT2D eigenvalue weighted by molar-refractivity contribution is 6.45. The standard InChI is InChI=1S/C28H29N3O2/c1-5-30(19-21-10-7-6-8-11-21)26-25(22-16-14-20(2)15-17-22)27(32)31(28(26)33)24-13-9-12-23(18-24)29(3)4/h6-18H,5,19H2,1-4H3. The third kappa shape index (κ3) is 4.40. The summed E-state index contributed by atoms with van der Waals surface area (Å²) >= 11 is 0. The van der Waals surface area contributed by atoms with Crippen LogP contribution in [0, 0.1) is 6.92 Å². The van der Waals surface area contributed by atoms with Crippen molar-refractivity contribution in [2.75, 3.05) is 30.4 Å². The van der Waals surface area contributed by atoms with Crippen molar-refractivity contribution in [2.45, 2.75) is 20.4 Å². The Balaban J connectivity index is 1.83. The molecule has 1 heterocycles. The number of hydrogen-bond donors (Lipinski definition) is 0. The van der Waals surface area contributed by atoms with Gasteiger partial charge in [-0.3, -0.25) is 9.59 Å². The third-order valence-electron chi connectivity index (χ3n) is 5.92. The van der Waals surface area contributed by atoms with Crippen molar-refractivity contribution in [3.63, 3.8) is 0 Å². The minimum Gasteiger partial charge on any atom is -0.378 e. The van der Waals surface area contributed by atoms with E-state index in [9.17, 15) is 9.59 Å². The van der Waals surface area contributed by atoms with Gasteiger partial charge in [-0.15, -0.1) is 0 Å². The second-order valence-corrected chi connectivity index (χ2v) is 8.45. The molecule has 0 unspecified atom stereocenters. The van der Waals surface area contributed by atoms with Crippen LogP contribution in [0.3, 0.4) is 0 Å². The van der Waals surface area contributed by atoms with Crippen LogP contribution in [0.2, 0.25) is 0 Å². The largest absolute Gasteiger partial charge is 0.378 e. The Kier molecular flexibility index (Phi) is 6.31. The molecular weight excluding hydrogens is 410 g/mol. The molecule has 0 spiro atoms. The summed E-state index contributed by atoms with van der Waals surface area (Å²) in [5.74, 6) is -0.578. The second kappa shape index (κ2) is 9.33. The Morgan fingerprint density at radius 3 is 2.15 bits per heavy atom. The van der Waals surface area contributed by atoms with Gasteiger partial charge in [-0.2, -0.15) is 0 Å². The van der Waals surface area contributed by atoms with E-state index in [1.165, 1.54) is 4.90 Å². The maximum atomic E-state index is 13.8. The summed E-state index contributed by atoms with van der Waals surface area (Å²) in [6, 6.07) is 25.3. The van der Waals surface area contributed by atoms with Crippen LogP contribution in [0.25, 0.3) is 5.57 Å². The quantitative estimate of drug-likeness (QED) is 0.493. The molecule has 0 bridgehead atoms. The summed E-state index contributed by atoms with van der Waals surface area (Å²) in [7, 11) is 3.87. The topological polar surface area (TPSA) is 43.9 Å². The first-order valence-electron chi connectivity index (χ1n) is 11.2.